The van der Waals surface area contributed by atoms with E-state index in [-0.39, 0.29) is 12.4 Å². The molecule has 2 rings (SSSR count). The van der Waals surface area contributed by atoms with Gasteiger partial charge in [-0.05, 0) is 30.3 Å². The van der Waals surface area contributed by atoms with Crippen molar-refractivity contribution in [3.8, 4) is 11.3 Å². The number of furan rings is 1. The molecule has 0 spiro atoms. The maximum atomic E-state index is 13.1. The summed E-state index contributed by atoms with van der Waals surface area (Å²) in [6, 6.07) is 8.40. The van der Waals surface area contributed by atoms with Crippen LogP contribution in [0, 0.1) is 5.82 Å². The molecule has 2 N–H and O–H groups in total. The summed E-state index contributed by atoms with van der Waals surface area (Å²) in [5.74, 6) is 0.447. The van der Waals surface area contributed by atoms with Gasteiger partial charge in [0.25, 0.3) is 0 Å². The monoisotopic (exact) mass is 191 g/mol. The first-order valence-electron chi connectivity index (χ1n) is 4.33. The van der Waals surface area contributed by atoms with Crippen LogP contribution in [0.2, 0.25) is 0 Å². The highest BCUT2D eigenvalue weighted by Gasteiger charge is 2.04. The Morgan fingerprint density at radius 1 is 1.29 bits per heavy atom. The lowest BCUT2D eigenvalue weighted by Gasteiger charge is -2.02. The second-order valence-corrected chi connectivity index (χ2v) is 2.99. The Hall–Kier alpha value is -1.61. The van der Waals surface area contributed by atoms with Gasteiger partial charge in [0.05, 0.1) is 6.26 Å². The Kier molecular flexibility index (Phi) is 2.33. The average Bonchev–Trinajstić information content (AvgIpc) is 2.71. The largest absolute Gasteiger partial charge is 0.464 e. The molecular formula is C11H10FNO. The average molecular weight is 191 g/mol. The molecule has 14 heavy (non-hydrogen) atoms. The summed E-state index contributed by atoms with van der Waals surface area (Å²) in [5.41, 5.74) is 6.75. The van der Waals surface area contributed by atoms with E-state index in [4.69, 9.17) is 10.2 Å². The van der Waals surface area contributed by atoms with Crippen molar-refractivity contribution in [2.75, 3.05) is 0 Å². The molecule has 2 nitrogen and oxygen atoms in total. The summed E-state index contributed by atoms with van der Waals surface area (Å²) in [7, 11) is 0. The molecule has 1 aromatic carbocycles. The third-order valence-electron chi connectivity index (χ3n) is 2.07. The van der Waals surface area contributed by atoms with Crippen LogP contribution in [-0.4, -0.2) is 0 Å². The molecule has 1 heterocycles. The summed E-state index contributed by atoms with van der Waals surface area (Å²) >= 11 is 0. The lowest BCUT2D eigenvalue weighted by Crippen LogP contribution is -1.99. The highest BCUT2D eigenvalue weighted by atomic mass is 19.1. The van der Waals surface area contributed by atoms with Crippen LogP contribution in [0.25, 0.3) is 11.3 Å². The van der Waals surface area contributed by atoms with Crippen molar-refractivity contribution in [1.82, 2.24) is 0 Å². The van der Waals surface area contributed by atoms with Gasteiger partial charge >= 0.3 is 0 Å². The fourth-order valence-corrected chi connectivity index (χ4v) is 1.33. The van der Waals surface area contributed by atoms with Crippen molar-refractivity contribution in [3.05, 3.63) is 48.0 Å². The van der Waals surface area contributed by atoms with Gasteiger partial charge in [-0.3, -0.25) is 0 Å². The summed E-state index contributed by atoms with van der Waals surface area (Å²) in [5, 5.41) is 0. The first-order chi connectivity index (χ1) is 6.81. The number of halogens is 1. The van der Waals surface area contributed by atoms with Crippen molar-refractivity contribution >= 4 is 0 Å². The number of hydrogen-bond donors (Lipinski definition) is 1. The SMILES string of the molecule is NCc1cc(-c2ccco2)ccc1F. The van der Waals surface area contributed by atoms with E-state index in [0.29, 0.717) is 5.56 Å². The lowest BCUT2D eigenvalue weighted by atomic mass is 10.1. The Bertz CT molecular complexity index is 423. The number of benzene rings is 1. The summed E-state index contributed by atoms with van der Waals surface area (Å²) in [6.07, 6.45) is 1.58. The van der Waals surface area contributed by atoms with Gasteiger partial charge < -0.3 is 10.2 Å². The van der Waals surface area contributed by atoms with Gasteiger partial charge in [0.2, 0.25) is 0 Å². The van der Waals surface area contributed by atoms with E-state index in [0.717, 1.165) is 11.3 Å². The molecule has 2 aromatic rings. The van der Waals surface area contributed by atoms with E-state index in [1.807, 2.05) is 6.07 Å². The van der Waals surface area contributed by atoms with E-state index < -0.39 is 0 Å². The normalized spacial score (nSPS) is 10.4. The van der Waals surface area contributed by atoms with Crippen LogP contribution >= 0.6 is 0 Å². The maximum Gasteiger partial charge on any atom is 0.133 e. The molecule has 0 unspecified atom stereocenters. The Morgan fingerprint density at radius 2 is 2.14 bits per heavy atom. The van der Waals surface area contributed by atoms with Crippen LogP contribution in [0.1, 0.15) is 5.56 Å². The minimum atomic E-state index is -0.275. The first-order valence-corrected chi connectivity index (χ1v) is 4.33. The van der Waals surface area contributed by atoms with Gasteiger partial charge in [-0.25, -0.2) is 4.39 Å². The maximum absolute atomic E-state index is 13.1. The third-order valence-corrected chi connectivity index (χ3v) is 2.07. The zero-order valence-corrected chi connectivity index (χ0v) is 7.53. The molecule has 0 atom stereocenters. The van der Waals surface area contributed by atoms with Crippen LogP contribution in [-0.2, 0) is 6.54 Å². The number of nitrogens with two attached hydrogens (primary N) is 1. The highest BCUT2D eigenvalue weighted by molar-refractivity contribution is 5.58. The topological polar surface area (TPSA) is 39.2 Å². The standard InChI is InChI=1S/C11H10FNO/c12-10-4-3-8(6-9(10)7-13)11-2-1-5-14-11/h1-6H,7,13H2. The van der Waals surface area contributed by atoms with Gasteiger partial charge in [-0.2, -0.15) is 0 Å². The van der Waals surface area contributed by atoms with E-state index >= 15 is 0 Å². The molecular weight excluding hydrogens is 181 g/mol. The fraction of sp³-hybridized carbons (Fsp3) is 0.0909. The molecule has 0 aliphatic heterocycles. The smallest absolute Gasteiger partial charge is 0.133 e. The molecule has 3 heteroatoms. The van der Waals surface area contributed by atoms with Crippen molar-refractivity contribution in [2.24, 2.45) is 5.73 Å². The van der Waals surface area contributed by atoms with Gasteiger partial charge in [-0.15, -0.1) is 0 Å². The summed E-state index contributed by atoms with van der Waals surface area (Å²) in [4.78, 5) is 0. The minimum absolute atomic E-state index is 0.195. The summed E-state index contributed by atoms with van der Waals surface area (Å²) in [6.45, 7) is 0.195. The molecule has 0 fully saturated rings. The predicted octanol–water partition coefficient (Wildman–Crippen LogP) is 2.54. The van der Waals surface area contributed by atoms with Gasteiger partial charge in [0.15, 0.2) is 0 Å². The van der Waals surface area contributed by atoms with Crippen molar-refractivity contribution in [2.45, 2.75) is 6.54 Å². The fourth-order valence-electron chi connectivity index (χ4n) is 1.33. The Balaban J connectivity index is 2.46. The lowest BCUT2D eigenvalue weighted by molar-refractivity contribution is 0.581. The quantitative estimate of drug-likeness (QED) is 0.792. The van der Waals surface area contributed by atoms with Crippen molar-refractivity contribution in [1.29, 1.82) is 0 Å². The minimum Gasteiger partial charge on any atom is -0.464 e. The van der Waals surface area contributed by atoms with Crippen LogP contribution in [0.3, 0.4) is 0 Å². The summed E-state index contributed by atoms with van der Waals surface area (Å²) < 4.78 is 18.3. The van der Waals surface area contributed by atoms with Crippen LogP contribution in [0.15, 0.2) is 41.0 Å². The predicted molar refractivity (Wildman–Crippen MR) is 52.0 cm³/mol. The van der Waals surface area contributed by atoms with Gasteiger partial charge in [0, 0.05) is 17.7 Å². The number of rotatable bonds is 2. The molecule has 0 amide bonds. The molecule has 1 aromatic heterocycles. The van der Waals surface area contributed by atoms with Crippen LogP contribution < -0.4 is 5.73 Å². The third kappa shape index (κ3) is 1.54. The second kappa shape index (κ2) is 3.64. The van der Waals surface area contributed by atoms with Gasteiger partial charge in [-0.1, -0.05) is 0 Å². The van der Waals surface area contributed by atoms with Crippen molar-refractivity contribution < 1.29 is 8.81 Å². The van der Waals surface area contributed by atoms with Crippen LogP contribution in [0.5, 0.6) is 0 Å². The number of hydrogen-bond acceptors (Lipinski definition) is 2. The highest BCUT2D eigenvalue weighted by Crippen LogP contribution is 2.22. The second-order valence-electron chi connectivity index (χ2n) is 2.99. The zero-order valence-electron chi connectivity index (χ0n) is 7.53. The molecule has 0 aliphatic carbocycles. The van der Waals surface area contributed by atoms with E-state index in [9.17, 15) is 4.39 Å². The van der Waals surface area contributed by atoms with E-state index in [1.165, 1.54) is 6.07 Å². The molecule has 0 radical (unpaired) electrons. The van der Waals surface area contributed by atoms with Crippen LogP contribution in [0.4, 0.5) is 4.39 Å². The molecule has 0 bridgehead atoms. The molecule has 0 saturated heterocycles. The van der Waals surface area contributed by atoms with E-state index in [1.54, 1.807) is 24.5 Å². The molecule has 72 valence electrons. The first kappa shape index (κ1) is 8.97. The molecule has 0 saturated carbocycles. The van der Waals surface area contributed by atoms with Gasteiger partial charge in [0.1, 0.15) is 11.6 Å². The van der Waals surface area contributed by atoms with E-state index in [2.05, 4.69) is 0 Å². The Labute approximate surface area is 81.2 Å². The zero-order chi connectivity index (χ0) is 9.97. The molecule has 0 aliphatic rings. The Morgan fingerprint density at radius 3 is 2.79 bits per heavy atom. The van der Waals surface area contributed by atoms with Crippen molar-refractivity contribution in [3.63, 3.8) is 0 Å².